The zero-order valence-electron chi connectivity index (χ0n) is 16.6. The molecule has 2 aromatic carbocycles. The molecule has 26 heavy (non-hydrogen) atoms. The summed E-state index contributed by atoms with van der Waals surface area (Å²) >= 11 is 0. The Labute approximate surface area is 157 Å². The Balaban J connectivity index is 1.76. The standard InChI is InChI=1S/C23H31NO2/c1-17(2)26-21-13-8-19(9-14-21)16-24-22(25)15-10-18-6-11-20(12-7-18)23(3,4)5/h6-9,11-14,17H,10,15-16H2,1-5H3,(H,24,25). The Kier molecular flexibility index (Phi) is 6.84. The SMILES string of the molecule is CC(C)Oc1ccc(CNC(=O)CCc2ccc(C(C)(C)C)cc2)cc1. The summed E-state index contributed by atoms with van der Waals surface area (Å²) in [6.07, 6.45) is 1.43. The second-order valence-corrected chi connectivity index (χ2v) is 8.03. The zero-order valence-corrected chi connectivity index (χ0v) is 16.6. The number of benzene rings is 2. The van der Waals surface area contributed by atoms with Gasteiger partial charge in [0.1, 0.15) is 5.75 Å². The van der Waals surface area contributed by atoms with E-state index in [4.69, 9.17) is 4.74 Å². The number of ether oxygens (including phenoxy) is 1. The van der Waals surface area contributed by atoms with Gasteiger partial charge < -0.3 is 10.1 Å². The van der Waals surface area contributed by atoms with Gasteiger partial charge in [0.05, 0.1) is 6.10 Å². The number of rotatable bonds is 7. The van der Waals surface area contributed by atoms with Gasteiger partial charge in [-0.15, -0.1) is 0 Å². The number of hydrogen-bond donors (Lipinski definition) is 1. The third-order valence-electron chi connectivity index (χ3n) is 4.25. The first-order valence-electron chi connectivity index (χ1n) is 9.36. The van der Waals surface area contributed by atoms with Gasteiger partial charge in [-0.3, -0.25) is 4.79 Å². The molecule has 0 aliphatic carbocycles. The molecule has 0 aliphatic rings. The molecule has 1 amide bonds. The summed E-state index contributed by atoms with van der Waals surface area (Å²) in [5, 5.41) is 2.99. The van der Waals surface area contributed by atoms with Crippen LogP contribution in [-0.4, -0.2) is 12.0 Å². The van der Waals surface area contributed by atoms with E-state index in [-0.39, 0.29) is 17.4 Å². The summed E-state index contributed by atoms with van der Waals surface area (Å²) in [7, 11) is 0. The molecule has 0 heterocycles. The molecule has 0 radical (unpaired) electrons. The number of hydrogen-bond acceptors (Lipinski definition) is 2. The van der Waals surface area contributed by atoms with E-state index in [9.17, 15) is 4.79 Å². The molecule has 0 bridgehead atoms. The summed E-state index contributed by atoms with van der Waals surface area (Å²) < 4.78 is 5.62. The molecule has 0 atom stereocenters. The predicted octanol–water partition coefficient (Wildman–Crippen LogP) is 5.02. The van der Waals surface area contributed by atoms with Crippen molar-refractivity contribution in [2.75, 3.05) is 0 Å². The first-order chi connectivity index (χ1) is 12.2. The Morgan fingerprint density at radius 1 is 0.962 bits per heavy atom. The van der Waals surface area contributed by atoms with Gasteiger partial charge in [-0.2, -0.15) is 0 Å². The van der Waals surface area contributed by atoms with Gasteiger partial charge in [-0.25, -0.2) is 0 Å². The van der Waals surface area contributed by atoms with Crippen LogP contribution in [0.4, 0.5) is 0 Å². The number of amides is 1. The van der Waals surface area contributed by atoms with Crippen LogP contribution in [0.25, 0.3) is 0 Å². The van der Waals surface area contributed by atoms with Crippen molar-refractivity contribution in [3.8, 4) is 5.75 Å². The Morgan fingerprint density at radius 3 is 2.08 bits per heavy atom. The number of carbonyl (C=O) groups is 1. The minimum Gasteiger partial charge on any atom is -0.491 e. The molecule has 1 N–H and O–H groups in total. The highest BCUT2D eigenvalue weighted by Gasteiger charge is 2.13. The van der Waals surface area contributed by atoms with E-state index in [1.165, 1.54) is 11.1 Å². The van der Waals surface area contributed by atoms with Crippen molar-refractivity contribution in [1.82, 2.24) is 5.32 Å². The first kappa shape index (κ1) is 20.0. The van der Waals surface area contributed by atoms with Crippen LogP contribution in [0, 0.1) is 0 Å². The summed E-state index contributed by atoms with van der Waals surface area (Å²) in [4.78, 5) is 12.1. The van der Waals surface area contributed by atoms with Crippen LogP contribution < -0.4 is 10.1 Å². The van der Waals surface area contributed by atoms with Crippen LogP contribution in [0.5, 0.6) is 5.75 Å². The van der Waals surface area contributed by atoms with Crippen LogP contribution in [0.2, 0.25) is 0 Å². The summed E-state index contributed by atoms with van der Waals surface area (Å²) in [6.45, 7) is 11.2. The largest absolute Gasteiger partial charge is 0.491 e. The molecule has 0 unspecified atom stereocenters. The van der Waals surface area contributed by atoms with Crippen LogP contribution in [-0.2, 0) is 23.2 Å². The summed E-state index contributed by atoms with van der Waals surface area (Å²) in [5.41, 5.74) is 3.74. The number of aryl methyl sites for hydroxylation is 1. The van der Waals surface area contributed by atoms with E-state index < -0.39 is 0 Å². The van der Waals surface area contributed by atoms with Crippen molar-refractivity contribution in [2.24, 2.45) is 0 Å². The maximum absolute atomic E-state index is 12.1. The molecule has 3 heteroatoms. The van der Waals surface area contributed by atoms with Gasteiger partial charge in [0.25, 0.3) is 0 Å². The first-order valence-corrected chi connectivity index (χ1v) is 9.36. The smallest absolute Gasteiger partial charge is 0.220 e. The fourth-order valence-corrected chi connectivity index (χ4v) is 2.68. The maximum atomic E-state index is 12.1. The summed E-state index contributed by atoms with van der Waals surface area (Å²) in [5.74, 6) is 0.932. The monoisotopic (exact) mass is 353 g/mol. The lowest BCUT2D eigenvalue weighted by Crippen LogP contribution is -2.23. The third kappa shape index (κ3) is 6.55. The molecule has 0 fully saturated rings. The highest BCUT2D eigenvalue weighted by molar-refractivity contribution is 5.76. The quantitative estimate of drug-likeness (QED) is 0.759. The van der Waals surface area contributed by atoms with Gasteiger partial charge in [-0.05, 0) is 54.5 Å². The Bertz CT molecular complexity index is 694. The van der Waals surface area contributed by atoms with Crippen molar-refractivity contribution >= 4 is 5.91 Å². The molecule has 2 aromatic rings. The molecule has 0 spiro atoms. The van der Waals surface area contributed by atoms with E-state index in [1.54, 1.807) is 0 Å². The molecule has 0 aromatic heterocycles. The Morgan fingerprint density at radius 2 is 1.54 bits per heavy atom. The predicted molar refractivity (Wildman–Crippen MR) is 108 cm³/mol. The molecule has 2 rings (SSSR count). The lowest BCUT2D eigenvalue weighted by molar-refractivity contribution is -0.121. The average Bonchev–Trinajstić information content (AvgIpc) is 2.58. The third-order valence-corrected chi connectivity index (χ3v) is 4.25. The van der Waals surface area contributed by atoms with E-state index in [0.717, 1.165) is 17.7 Å². The van der Waals surface area contributed by atoms with Crippen molar-refractivity contribution in [3.63, 3.8) is 0 Å². The minimum absolute atomic E-state index is 0.0763. The minimum atomic E-state index is 0.0763. The van der Waals surface area contributed by atoms with Gasteiger partial charge in [-0.1, -0.05) is 57.2 Å². The average molecular weight is 354 g/mol. The highest BCUT2D eigenvalue weighted by atomic mass is 16.5. The van der Waals surface area contributed by atoms with Gasteiger partial charge in [0.15, 0.2) is 0 Å². The molecule has 0 saturated carbocycles. The molecular weight excluding hydrogens is 322 g/mol. The van der Waals surface area contributed by atoms with Crippen LogP contribution in [0.15, 0.2) is 48.5 Å². The highest BCUT2D eigenvalue weighted by Crippen LogP contribution is 2.22. The van der Waals surface area contributed by atoms with Crippen molar-refractivity contribution in [2.45, 2.75) is 65.5 Å². The van der Waals surface area contributed by atoms with Gasteiger partial charge in [0, 0.05) is 13.0 Å². The van der Waals surface area contributed by atoms with Crippen molar-refractivity contribution in [3.05, 3.63) is 65.2 Å². The van der Waals surface area contributed by atoms with Crippen molar-refractivity contribution in [1.29, 1.82) is 0 Å². The molecule has 140 valence electrons. The van der Waals surface area contributed by atoms with E-state index in [0.29, 0.717) is 13.0 Å². The maximum Gasteiger partial charge on any atom is 0.220 e. The molecule has 3 nitrogen and oxygen atoms in total. The zero-order chi connectivity index (χ0) is 19.2. The van der Waals surface area contributed by atoms with Crippen LogP contribution in [0.3, 0.4) is 0 Å². The van der Waals surface area contributed by atoms with E-state index in [2.05, 4.69) is 50.4 Å². The Hall–Kier alpha value is -2.29. The lowest BCUT2D eigenvalue weighted by Gasteiger charge is -2.19. The number of carbonyl (C=O) groups excluding carboxylic acids is 1. The van der Waals surface area contributed by atoms with Crippen LogP contribution >= 0.6 is 0 Å². The van der Waals surface area contributed by atoms with Crippen molar-refractivity contribution < 1.29 is 9.53 Å². The fraction of sp³-hybridized carbons (Fsp3) is 0.435. The van der Waals surface area contributed by atoms with Gasteiger partial charge in [0.2, 0.25) is 5.91 Å². The topological polar surface area (TPSA) is 38.3 Å². The second-order valence-electron chi connectivity index (χ2n) is 8.03. The van der Waals surface area contributed by atoms with Gasteiger partial charge >= 0.3 is 0 Å². The number of nitrogens with one attached hydrogen (secondary N) is 1. The van der Waals surface area contributed by atoms with Crippen LogP contribution in [0.1, 0.15) is 57.7 Å². The molecular formula is C23H31NO2. The summed E-state index contributed by atoms with van der Waals surface area (Å²) in [6, 6.07) is 16.4. The fourth-order valence-electron chi connectivity index (χ4n) is 2.68. The normalized spacial score (nSPS) is 11.5. The molecule has 0 aliphatic heterocycles. The van der Waals surface area contributed by atoms with E-state index in [1.807, 2.05) is 38.1 Å². The lowest BCUT2D eigenvalue weighted by atomic mass is 9.86. The van der Waals surface area contributed by atoms with E-state index >= 15 is 0 Å². The molecule has 0 saturated heterocycles. The second kappa shape index (κ2) is 8.88.